The lowest BCUT2D eigenvalue weighted by molar-refractivity contribution is 1.01. The number of benzene rings is 11. The van der Waals surface area contributed by atoms with Crippen molar-refractivity contribution in [1.82, 2.24) is 14.5 Å². The van der Waals surface area contributed by atoms with Crippen LogP contribution < -0.4 is 9.80 Å². The Balaban J connectivity index is 0.836. The Kier molecular flexibility index (Phi) is 10.5. The van der Waals surface area contributed by atoms with Crippen molar-refractivity contribution in [2.75, 3.05) is 9.80 Å². The number of hydrogen-bond acceptors (Lipinski definition) is 4. The Morgan fingerprint density at radius 2 is 0.716 bits per heavy atom. The maximum Gasteiger partial charge on any atom is 0.0973 e. The van der Waals surface area contributed by atoms with Gasteiger partial charge in [0.15, 0.2) is 0 Å². The number of rotatable bonds is 10. The van der Waals surface area contributed by atoms with Gasteiger partial charge in [0.05, 0.1) is 33.5 Å². The van der Waals surface area contributed by atoms with E-state index < -0.39 is 0 Å². The average Bonchev–Trinajstić information content (AvgIpc) is 4.00. The van der Waals surface area contributed by atoms with Gasteiger partial charge in [-0.3, -0.25) is 0 Å². The topological polar surface area (TPSA) is 37.2 Å². The second-order valence-corrected chi connectivity index (χ2v) is 18.9. The monoisotopic (exact) mass is 945 g/mol. The van der Waals surface area contributed by atoms with E-state index in [1.165, 1.54) is 49.6 Å². The Bertz CT molecular complexity index is 4100. The lowest BCUT2D eigenvalue weighted by atomic mass is 9.89. The van der Waals surface area contributed by atoms with E-state index in [0.29, 0.717) is 0 Å². The van der Waals surface area contributed by atoms with Crippen molar-refractivity contribution in [3.05, 3.63) is 296 Å². The highest BCUT2D eigenvalue weighted by Crippen LogP contribution is 2.49. The Labute approximate surface area is 430 Å². The van der Waals surface area contributed by atoms with Crippen molar-refractivity contribution in [3.63, 3.8) is 0 Å². The quantitative estimate of drug-likeness (QED) is 0.137. The second kappa shape index (κ2) is 18.1. The summed E-state index contributed by atoms with van der Waals surface area (Å²) in [5, 5.41) is 2.48. The molecule has 0 N–H and O–H groups in total. The van der Waals surface area contributed by atoms with E-state index in [1.807, 2.05) is 24.3 Å². The molecule has 0 spiro atoms. The van der Waals surface area contributed by atoms with Gasteiger partial charge >= 0.3 is 0 Å². The first-order chi connectivity index (χ1) is 36.7. The van der Waals surface area contributed by atoms with Gasteiger partial charge in [-0.05, 0) is 131 Å². The summed E-state index contributed by atoms with van der Waals surface area (Å²) in [4.78, 5) is 15.4. The van der Waals surface area contributed by atoms with Crippen LogP contribution in [0.2, 0.25) is 0 Å². The molecule has 1 aliphatic carbocycles. The summed E-state index contributed by atoms with van der Waals surface area (Å²) >= 11 is 0. The number of hydrogen-bond donors (Lipinski definition) is 0. The summed E-state index contributed by atoms with van der Waals surface area (Å²) < 4.78 is 2.37. The molecule has 0 bridgehead atoms. The molecule has 0 radical (unpaired) electrons. The van der Waals surface area contributed by atoms with E-state index in [2.05, 4.69) is 269 Å². The minimum Gasteiger partial charge on any atom is -0.310 e. The Morgan fingerprint density at radius 1 is 0.311 bits per heavy atom. The predicted molar refractivity (Wildman–Crippen MR) is 307 cm³/mol. The molecule has 0 amide bonds. The van der Waals surface area contributed by atoms with Gasteiger partial charge in [0, 0.05) is 67.6 Å². The zero-order chi connectivity index (χ0) is 49.0. The minimum absolute atomic E-state index is 0.145. The maximum absolute atomic E-state index is 5.35. The van der Waals surface area contributed by atoms with Gasteiger partial charge in [-0.1, -0.05) is 176 Å². The molecular weight excluding hydrogens is 899 g/mol. The predicted octanol–water partition coefficient (Wildman–Crippen LogP) is 18.2. The summed E-state index contributed by atoms with van der Waals surface area (Å²) in [7, 11) is 0. The smallest absolute Gasteiger partial charge is 0.0973 e. The van der Waals surface area contributed by atoms with Crippen LogP contribution in [-0.2, 0) is 0 Å². The third-order valence-electron chi connectivity index (χ3n) is 14.6. The lowest BCUT2D eigenvalue weighted by Crippen LogP contribution is -2.11. The zero-order valence-corrected chi connectivity index (χ0v) is 40.4. The fraction of sp³-hybridized carbons (Fsp3) is 0.0145. The first-order valence-corrected chi connectivity index (χ1v) is 25.3. The lowest BCUT2D eigenvalue weighted by Gasteiger charge is -2.27. The maximum atomic E-state index is 5.35. The van der Waals surface area contributed by atoms with Crippen LogP contribution in [0.1, 0.15) is 22.6 Å². The summed E-state index contributed by atoms with van der Waals surface area (Å²) in [5.74, 6) is 0.145. The van der Waals surface area contributed by atoms with Crippen molar-refractivity contribution >= 4 is 67.0 Å². The van der Waals surface area contributed by atoms with Crippen molar-refractivity contribution in [3.8, 4) is 39.3 Å². The molecule has 0 saturated carbocycles. The van der Waals surface area contributed by atoms with Gasteiger partial charge in [-0.2, -0.15) is 0 Å². The standard InChI is InChI=1S/C69H47N5/c1-3-20-50(21-4-1)72(54-24-17-19-49(45-54)67-61-31-9-7-27-57(61)58-28-8-10-32-62(58)67)52-41-37-47(38-42-52)68-69(71-64-34-14-13-33-63(64)70-68)48-39-43-53(44-40-48)73(51-22-5-2-6-23-51)55-25-18-26-56(46-55)74-65-35-15-11-29-59(65)60-30-12-16-36-66(60)74/h1-46,67H. The molecule has 5 heteroatoms. The molecule has 2 aromatic heterocycles. The molecular formula is C69H47N5. The summed E-state index contributed by atoms with van der Waals surface area (Å²) in [6.45, 7) is 0. The average molecular weight is 946 g/mol. The molecule has 2 heterocycles. The highest BCUT2D eigenvalue weighted by Gasteiger charge is 2.30. The van der Waals surface area contributed by atoms with Crippen LogP contribution in [0.25, 0.3) is 72.2 Å². The van der Waals surface area contributed by atoms with Crippen LogP contribution in [0.5, 0.6) is 0 Å². The van der Waals surface area contributed by atoms with Crippen molar-refractivity contribution in [2.24, 2.45) is 0 Å². The van der Waals surface area contributed by atoms with E-state index in [4.69, 9.17) is 9.97 Å². The zero-order valence-electron chi connectivity index (χ0n) is 40.4. The fourth-order valence-corrected chi connectivity index (χ4v) is 11.3. The summed E-state index contributed by atoms with van der Waals surface area (Å²) in [6.07, 6.45) is 0. The molecule has 1 aliphatic rings. The molecule has 11 aromatic carbocycles. The third-order valence-corrected chi connectivity index (χ3v) is 14.6. The first-order valence-electron chi connectivity index (χ1n) is 25.3. The minimum atomic E-state index is 0.145. The summed E-state index contributed by atoms with van der Waals surface area (Å²) in [5.41, 5.74) is 21.7. The molecule has 5 nitrogen and oxygen atoms in total. The molecule has 0 atom stereocenters. The van der Waals surface area contributed by atoms with Gasteiger partial charge in [0.25, 0.3) is 0 Å². The highest BCUT2D eigenvalue weighted by molar-refractivity contribution is 6.09. The number of para-hydroxylation sites is 6. The van der Waals surface area contributed by atoms with Crippen molar-refractivity contribution < 1.29 is 0 Å². The first kappa shape index (κ1) is 43.0. The number of fused-ring (bicyclic) bond motifs is 7. The molecule has 0 saturated heterocycles. The SMILES string of the molecule is c1ccc(N(c2ccc(-c3nc4ccccc4nc3-c3ccc(N(c4ccccc4)c4cccc(-n5c6ccccc6c6ccccc65)c4)cc3)cc2)c2cccc(C3c4ccccc4-c4ccccc43)c2)cc1. The van der Waals surface area contributed by atoms with Crippen LogP contribution in [-0.4, -0.2) is 14.5 Å². The molecule has 14 rings (SSSR count). The van der Waals surface area contributed by atoms with Crippen LogP contribution in [0.4, 0.5) is 34.1 Å². The second-order valence-electron chi connectivity index (χ2n) is 18.9. The fourth-order valence-electron chi connectivity index (χ4n) is 11.3. The molecule has 0 unspecified atom stereocenters. The normalized spacial score (nSPS) is 12.0. The summed E-state index contributed by atoms with van der Waals surface area (Å²) in [6, 6.07) is 99.9. The van der Waals surface area contributed by atoms with E-state index in [9.17, 15) is 0 Å². The largest absolute Gasteiger partial charge is 0.310 e. The Hall–Kier alpha value is -9.84. The van der Waals surface area contributed by atoms with E-state index in [-0.39, 0.29) is 5.92 Å². The van der Waals surface area contributed by atoms with Gasteiger partial charge in [-0.25, -0.2) is 9.97 Å². The van der Waals surface area contributed by atoms with Crippen molar-refractivity contribution in [2.45, 2.75) is 5.92 Å². The van der Waals surface area contributed by atoms with Gasteiger partial charge in [0.2, 0.25) is 0 Å². The highest BCUT2D eigenvalue weighted by atomic mass is 15.1. The van der Waals surface area contributed by atoms with Crippen LogP contribution in [0.3, 0.4) is 0 Å². The molecule has 0 aliphatic heterocycles. The molecule has 74 heavy (non-hydrogen) atoms. The van der Waals surface area contributed by atoms with Crippen LogP contribution in [0.15, 0.2) is 279 Å². The van der Waals surface area contributed by atoms with Gasteiger partial charge in [-0.15, -0.1) is 0 Å². The van der Waals surface area contributed by atoms with E-state index in [1.54, 1.807) is 0 Å². The van der Waals surface area contributed by atoms with Crippen LogP contribution in [0, 0.1) is 0 Å². The van der Waals surface area contributed by atoms with E-state index >= 15 is 0 Å². The number of anilines is 6. The third kappa shape index (κ3) is 7.41. The Morgan fingerprint density at radius 3 is 1.24 bits per heavy atom. The molecule has 13 aromatic rings. The number of nitrogens with zero attached hydrogens (tertiary/aromatic N) is 5. The van der Waals surface area contributed by atoms with Crippen molar-refractivity contribution in [1.29, 1.82) is 0 Å². The van der Waals surface area contributed by atoms with Gasteiger partial charge in [0.1, 0.15) is 0 Å². The van der Waals surface area contributed by atoms with Crippen LogP contribution >= 0.6 is 0 Å². The molecule has 348 valence electrons. The van der Waals surface area contributed by atoms with Gasteiger partial charge < -0.3 is 14.4 Å². The molecule has 0 fully saturated rings. The number of aromatic nitrogens is 3. The van der Waals surface area contributed by atoms with E-state index in [0.717, 1.165) is 73.4 Å².